The minimum absolute atomic E-state index is 0.0387. The van der Waals surface area contributed by atoms with Gasteiger partial charge in [-0.2, -0.15) is 5.10 Å². The highest BCUT2D eigenvalue weighted by Crippen LogP contribution is 2.19. The molecule has 0 bridgehead atoms. The van der Waals surface area contributed by atoms with Crippen LogP contribution in [0.2, 0.25) is 0 Å². The standard InChI is InChI=1S/C9H10N2O4/c12-4-6-3-11(7-1-2-15-5-7)10-8(6)9(13)14/h3-4,7H,1-2,5H2,(H,13,14). The van der Waals surface area contributed by atoms with Gasteiger partial charge in [0.1, 0.15) is 0 Å². The number of aldehydes is 1. The number of aromatic carboxylic acids is 1. The van der Waals surface area contributed by atoms with E-state index in [0.717, 1.165) is 6.42 Å². The first kappa shape index (κ1) is 9.85. The van der Waals surface area contributed by atoms with Gasteiger partial charge in [0.15, 0.2) is 12.0 Å². The number of hydrogen-bond donors (Lipinski definition) is 1. The Balaban J connectivity index is 2.33. The number of rotatable bonds is 3. The van der Waals surface area contributed by atoms with Gasteiger partial charge < -0.3 is 9.84 Å². The summed E-state index contributed by atoms with van der Waals surface area (Å²) in [6, 6.07) is 0.0387. The van der Waals surface area contributed by atoms with Crippen LogP contribution in [0.25, 0.3) is 0 Å². The Hall–Kier alpha value is -1.69. The molecule has 1 aromatic rings. The Morgan fingerprint density at radius 1 is 1.73 bits per heavy atom. The Kier molecular flexibility index (Phi) is 2.51. The van der Waals surface area contributed by atoms with E-state index in [1.54, 1.807) is 0 Å². The summed E-state index contributed by atoms with van der Waals surface area (Å²) >= 11 is 0. The van der Waals surface area contributed by atoms with Gasteiger partial charge in [-0.25, -0.2) is 4.79 Å². The molecule has 6 heteroatoms. The first-order valence-corrected chi connectivity index (χ1v) is 4.57. The fraction of sp³-hybridized carbons (Fsp3) is 0.444. The number of ether oxygens (including phenoxy) is 1. The molecule has 1 aromatic heterocycles. The van der Waals surface area contributed by atoms with Crippen molar-refractivity contribution in [2.45, 2.75) is 12.5 Å². The quantitative estimate of drug-likeness (QED) is 0.728. The molecule has 2 rings (SSSR count). The van der Waals surface area contributed by atoms with Crippen molar-refractivity contribution in [2.75, 3.05) is 13.2 Å². The lowest BCUT2D eigenvalue weighted by atomic mass is 10.2. The third kappa shape index (κ3) is 1.75. The van der Waals surface area contributed by atoms with Crippen molar-refractivity contribution in [1.29, 1.82) is 0 Å². The molecule has 80 valence electrons. The van der Waals surface area contributed by atoms with Crippen molar-refractivity contribution in [3.63, 3.8) is 0 Å². The highest BCUT2D eigenvalue weighted by Gasteiger charge is 2.22. The number of hydrogen-bond acceptors (Lipinski definition) is 4. The van der Waals surface area contributed by atoms with Crippen LogP contribution in [0.3, 0.4) is 0 Å². The van der Waals surface area contributed by atoms with E-state index in [9.17, 15) is 9.59 Å². The molecular weight excluding hydrogens is 200 g/mol. The van der Waals surface area contributed by atoms with E-state index in [4.69, 9.17) is 9.84 Å². The second-order valence-electron chi connectivity index (χ2n) is 3.35. The number of carbonyl (C=O) groups excluding carboxylic acids is 1. The SMILES string of the molecule is O=Cc1cn(C2CCOC2)nc1C(=O)O. The number of carboxylic acids is 1. The maximum atomic E-state index is 10.7. The zero-order valence-corrected chi connectivity index (χ0v) is 7.92. The molecule has 1 aliphatic rings. The maximum absolute atomic E-state index is 10.7. The van der Waals surface area contributed by atoms with Crippen LogP contribution in [0.1, 0.15) is 33.3 Å². The first-order valence-electron chi connectivity index (χ1n) is 4.57. The van der Waals surface area contributed by atoms with E-state index in [1.165, 1.54) is 10.9 Å². The van der Waals surface area contributed by atoms with Crippen molar-refractivity contribution >= 4 is 12.3 Å². The van der Waals surface area contributed by atoms with Crippen molar-refractivity contribution in [2.24, 2.45) is 0 Å². The molecule has 0 aliphatic carbocycles. The molecule has 0 saturated carbocycles. The molecule has 15 heavy (non-hydrogen) atoms. The Labute approximate surface area is 85.5 Å². The lowest BCUT2D eigenvalue weighted by Crippen LogP contribution is -2.10. The molecule has 1 saturated heterocycles. The van der Waals surface area contributed by atoms with Gasteiger partial charge in [0, 0.05) is 12.8 Å². The number of aromatic nitrogens is 2. The van der Waals surface area contributed by atoms with Crippen LogP contribution in [0, 0.1) is 0 Å². The second kappa shape index (κ2) is 3.82. The fourth-order valence-corrected chi connectivity index (χ4v) is 1.58. The highest BCUT2D eigenvalue weighted by atomic mass is 16.5. The van der Waals surface area contributed by atoms with Gasteiger partial charge in [0.05, 0.1) is 18.2 Å². The van der Waals surface area contributed by atoms with Gasteiger partial charge in [-0.05, 0) is 6.42 Å². The largest absolute Gasteiger partial charge is 0.476 e. The maximum Gasteiger partial charge on any atom is 0.357 e. The zero-order chi connectivity index (χ0) is 10.8. The second-order valence-corrected chi connectivity index (χ2v) is 3.35. The summed E-state index contributed by atoms with van der Waals surface area (Å²) in [7, 11) is 0. The predicted molar refractivity (Wildman–Crippen MR) is 49.0 cm³/mol. The Morgan fingerprint density at radius 2 is 2.53 bits per heavy atom. The predicted octanol–water partition coefficient (Wildman–Crippen LogP) is 0.355. The average Bonchev–Trinajstić information content (AvgIpc) is 2.86. The van der Waals surface area contributed by atoms with Gasteiger partial charge in [-0.15, -0.1) is 0 Å². The monoisotopic (exact) mass is 210 g/mol. The Morgan fingerprint density at radius 3 is 3.00 bits per heavy atom. The van der Waals surface area contributed by atoms with Crippen LogP contribution < -0.4 is 0 Å². The number of carboxylic acid groups (broad SMARTS) is 1. The Bertz CT molecular complexity index is 393. The summed E-state index contributed by atoms with van der Waals surface area (Å²) in [6.07, 6.45) is 2.75. The molecule has 2 heterocycles. The molecule has 1 unspecified atom stereocenters. The fourth-order valence-electron chi connectivity index (χ4n) is 1.58. The molecule has 0 amide bonds. The first-order chi connectivity index (χ1) is 7.22. The van der Waals surface area contributed by atoms with Gasteiger partial charge in [0.2, 0.25) is 0 Å². The number of carbonyl (C=O) groups is 2. The molecule has 0 aromatic carbocycles. The van der Waals surface area contributed by atoms with Gasteiger partial charge in [-0.3, -0.25) is 9.48 Å². The van der Waals surface area contributed by atoms with Gasteiger partial charge in [0.25, 0.3) is 0 Å². The summed E-state index contributed by atoms with van der Waals surface area (Å²) in [5.74, 6) is -1.19. The summed E-state index contributed by atoms with van der Waals surface area (Å²) in [5, 5.41) is 12.7. The van der Waals surface area contributed by atoms with Crippen molar-refractivity contribution in [3.05, 3.63) is 17.5 Å². The zero-order valence-electron chi connectivity index (χ0n) is 7.92. The third-order valence-electron chi connectivity index (χ3n) is 2.37. The van der Waals surface area contributed by atoms with E-state index in [1.807, 2.05) is 0 Å². The molecule has 1 aliphatic heterocycles. The van der Waals surface area contributed by atoms with E-state index < -0.39 is 5.97 Å². The third-order valence-corrected chi connectivity index (χ3v) is 2.37. The van der Waals surface area contributed by atoms with Crippen LogP contribution in [0.4, 0.5) is 0 Å². The topological polar surface area (TPSA) is 81.4 Å². The van der Waals surface area contributed by atoms with Crippen LogP contribution >= 0.6 is 0 Å². The minimum atomic E-state index is -1.19. The van der Waals surface area contributed by atoms with E-state index in [0.29, 0.717) is 19.5 Å². The summed E-state index contributed by atoms with van der Waals surface area (Å²) < 4.78 is 6.66. The van der Waals surface area contributed by atoms with E-state index in [2.05, 4.69) is 5.10 Å². The average molecular weight is 210 g/mol. The molecule has 0 spiro atoms. The van der Waals surface area contributed by atoms with Crippen LogP contribution in [-0.4, -0.2) is 40.4 Å². The van der Waals surface area contributed by atoms with Gasteiger partial charge >= 0.3 is 5.97 Å². The molecule has 6 nitrogen and oxygen atoms in total. The minimum Gasteiger partial charge on any atom is -0.476 e. The number of nitrogens with zero attached hydrogens (tertiary/aromatic N) is 2. The molecule has 1 N–H and O–H groups in total. The van der Waals surface area contributed by atoms with Crippen molar-refractivity contribution in [3.8, 4) is 0 Å². The van der Waals surface area contributed by atoms with Crippen LogP contribution in [-0.2, 0) is 4.74 Å². The van der Waals surface area contributed by atoms with E-state index in [-0.39, 0.29) is 17.3 Å². The highest BCUT2D eigenvalue weighted by molar-refractivity contribution is 5.95. The van der Waals surface area contributed by atoms with Crippen molar-refractivity contribution < 1.29 is 19.4 Å². The lowest BCUT2D eigenvalue weighted by molar-refractivity contribution is 0.0686. The van der Waals surface area contributed by atoms with Gasteiger partial charge in [-0.1, -0.05) is 0 Å². The van der Waals surface area contributed by atoms with E-state index >= 15 is 0 Å². The van der Waals surface area contributed by atoms with Crippen LogP contribution in [0.5, 0.6) is 0 Å². The molecule has 1 fully saturated rings. The smallest absolute Gasteiger partial charge is 0.357 e. The van der Waals surface area contributed by atoms with Crippen LogP contribution in [0.15, 0.2) is 6.20 Å². The molecule has 1 atom stereocenters. The molecule has 0 radical (unpaired) electrons. The summed E-state index contributed by atoms with van der Waals surface area (Å²) in [4.78, 5) is 21.4. The summed E-state index contributed by atoms with van der Waals surface area (Å²) in [6.45, 7) is 1.16. The lowest BCUT2D eigenvalue weighted by Gasteiger charge is -2.06. The van der Waals surface area contributed by atoms with Crippen molar-refractivity contribution in [1.82, 2.24) is 9.78 Å². The summed E-state index contributed by atoms with van der Waals surface area (Å²) in [5.41, 5.74) is -0.0914. The molecular formula is C9H10N2O4. The normalized spacial score (nSPS) is 20.4.